The van der Waals surface area contributed by atoms with E-state index >= 15 is 0 Å². The van der Waals surface area contributed by atoms with E-state index in [0.29, 0.717) is 22.4 Å². The van der Waals surface area contributed by atoms with Crippen LogP contribution in [0.25, 0.3) is 5.69 Å². The van der Waals surface area contributed by atoms with Crippen LogP contribution in [0.15, 0.2) is 81.6 Å². The SMILES string of the molecule is Cc1ccccc1-n1nnnc1SCC(=O)N1N=C(c2ccc(Cl)cc2)CC1c1ccco1. The second-order valence-electron chi connectivity index (χ2n) is 7.48. The Bertz CT molecular complexity index is 1300. The van der Waals surface area contributed by atoms with Gasteiger partial charge >= 0.3 is 0 Å². The van der Waals surface area contributed by atoms with Crippen molar-refractivity contribution in [3.63, 3.8) is 0 Å². The monoisotopic (exact) mass is 478 g/mol. The zero-order chi connectivity index (χ0) is 22.8. The molecular formula is C23H19ClN6O2S. The number of carbonyl (C=O) groups is 1. The van der Waals surface area contributed by atoms with Gasteiger partial charge in [0.2, 0.25) is 5.16 Å². The van der Waals surface area contributed by atoms with Crippen molar-refractivity contribution in [2.75, 3.05) is 5.75 Å². The van der Waals surface area contributed by atoms with Crippen molar-refractivity contribution in [1.82, 2.24) is 25.2 Å². The lowest BCUT2D eigenvalue weighted by Crippen LogP contribution is -2.28. The van der Waals surface area contributed by atoms with E-state index in [4.69, 9.17) is 16.0 Å². The van der Waals surface area contributed by atoms with Gasteiger partial charge in [-0.2, -0.15) is 9.78 Å². The number of benzene rings is 2. The molecule has 1 unspecified atom stereocenters. The van der Waals surface area contributed by atoms with Crippen LogP contribution in [0.4, 0.5) is 0 Å². The van der Waals surface area contributed by atoms with Gasteiger partial charge < -0.3 is 4.42 Å². The molecule has 0 radical (unpaired) electrons. The Labute approximate surface area is 199 Å². The average molecular weight is 479 g/mol. The normalized spacial score (nSPS) is 15.6. The van der Waals surface area contributed by atoms with Gasteiger partial charge in [0.15, 0.2) is 0 Å². The van der Waals surface area contributed by atoms with Crippen LogP contribution in [-0.4, -0.2) is 42.6 Å². The molecule has 0 spiro atoms. The predicted octanol–water partition coefficient (Wildman–Crippen LogP) is 4.69. The number of hydrogen-bond donors (Lipinski definition) is 0. The van der Waals surface area contributed by atoms with Gasteiger partial charge in [0.05, 0.1) is 23.4 Å². The molecule has 10 heteroatoms. The van der Waals surface area contributed by atoms with Crippen LogP contribution in [0.1, 0.15) is 29.3 Å². The molecule has 0 saturated carbocycles. The first-order chi connectivity index (χ1) is 16.1. The quantitative estimate of drug-likeness (QED) is 0.373. The number of carbonyl (C=O) groups excluding carboxylic acids is 1. The van der Waals surface area contributed by atoms with E-state index in [0.717, 1.165) is 22.5 Å². The van der Waals surface area contributed by atoms with Crippen LogP contribution in [0.5, 0.6) is 0 Å². The Morgan fingerprint density at radius 1 is 1.15 bits per heavy atom. The maximum Gasteiger partial charge on any atom is 0.253 e. The van der Waals surface area contributed by atoms with Gasteiger partial charge in [-0.25, -0.2) is 5.01 Å². The van der Waals surface area contributed by atoms with Crippen LogP contribution in [0, 0.1) is 6.92 Å². The van der Waals surface area contributed by atoms with Gasteiger partial charge in [-0.15, -0.1) is 5.10 Å². The van der Waals surface area contributed by atoms with E-state index in [1.807, 2.05) is 67.6 Å². The lowest BCUT2D eigenvalue weighted by atomic mass is 10.0. The smallest absolute Gasteiger partial charge is 0.253 e. The molecule has 4 aromatic rings. The first kappa shape index (κ1) is 21.4. The third-order valence-electron chi connectivity index (χ3n) is 5.32. The molecule has 5 rings (SSSR count). The summed E-state index contributed by atoms with van der Waals surface area (Å²) in [5, 5.41) is 19.3. The second kappa shape index (κ2) is 9.21. The highest BCUT2D eigenvalue weighted by Crippen LogP contribution is 2.34. The highest BCUT2D eigenvalue weighted by molar-refractivity contribution is 7.99. The molecule has 3 heterocycles. The fourth-order valence-electron chi connectivity index (χ4n) is 3.67. The first-order valence-electron chi connectivity index (χ1n) is 10.3. The van der Waals surface area contributed by atoms with Crippen LogP contribution in [-0.2, 0) is 4.79 Å². The predicted molar refractivity (Wildman–Crippen MR) is 126 cm³/mol. The summed E-state index contributed by atoms with van der Waals surface area (Å²) in [4.78, 5) is 13.2. The number of aromatic nitrogens is 4. The summed E-state index contributed by atoms with van der Waals surface area (Å²) in [5.41, 5.74) is 3.63. The lowest BCUT2D eigenvalue weighted by Gasteiger charge is -2.19. The molecule has 1 atom stereocenters. The number of hydrazone groups is 1. The zero-order valence-corrected chi connectivity index (χ0v) is 19.2. The van der Waals surface area contributed by atoms with Gasteiger partial charge in [0.1, 0.15) is 11.8 Å². The molecule has 2 aromatic heterocycles. The summed E-state index contributed by atoms with van der Waals surface area (Å²) >= 11 is 7.29. The highest BCUT2D eigenvalue weighted by atomic mass is 35.5. The summed E-state index contributed by atoms with van der Waals surface area (Å²) in [6.07, 6.45) is 2.15. The Morgan fingerprint density at radius 3 is 2.73 bits per heavy atom. The average Bonchev–Trinajstić information content (AvgIpc) is 3.59. The van der Waals surface area contributed by atoms with Crippen molar-refractivity contribution in [2.24, 2.45) is 5.10 Å². The Hall–Kier alpha value is -3.43. The summed E-state index contributed by atoms with van der Waals surface area (Å²) in [6.45, 7) is 1.99. The molecule has 8 nitrogen and oxygen atoms in total. The zero-order valence-electron chi connectivity index (χ0n) is 17.6. The first-order valence-corrected chi connectivity index (χ1v) is 11.6. The molecular weight excluding hydrogens is 460 g/mol. The van der Waals surface area contributed by atoms with Gasteiger partial charge in [0.25, 0.3) is 5.91 Å². The maximum absolute atomic E-state index is 13.2. The van der Waals surface area contributed by atoms with Gasteiger partial charge in [-0.1, -0.05) is 53.7 Å². The largest absolute Gasteiger partial charge is 0.467 e. The number of rotatable bonds is 6. The molecule has 166 valence electrons. The van der Waals surface area contributed by atoms with Crippen molar-refractivity contribution < 1.29 is 9.21 Å². The van der Waals surface area contributed by atoms with Crippen molar-refractivity contribution >= 4 is 35.0 Å². The maximum atomic E-state index is 13.2. The minimum atomic E-state index is -0.314. The van der Waals surface area contributed by atoms with Crippen LogP contribution >= 0.6 is 23.4 Å². The van der Waals surface area contributed by atoms with Gasteiger partial charge in [0, 0.05) is 11.4 Å². The minimum absolute atomic E-state index is 0.126. The van der Waals surface area contributed by atoms with Crippen LogP contribution in [0.3, 0.4) is 0 Å². The van der Waals surface area contributed by atoms with E-state index < -0.39 is 0 Å². The topological polar surface area (TPSA) is 89.4 Å². The second-order valence-corrected chi connectivity index (χ2v) is 8.85. The van der Waals surface area contributed by atoms with E-state index in [2.05, 4.69) is 20.6 Å². The number of amides is 1. The van der Waals surface area contributed by atoms with Crippen molar-refractivity contribution in [1.29, 1.82) is 0 Å². The van der Waals surface area contributed by atoms with Crippen molar-refractivity contribution in [3.05, 3.63) is 88.8 Å². The van der Waals surface area contributed by atoms with E-state index in [-0.39, 0.29) is 17.7 Å². The fraction of sp³-hybridized carbons (Fsp3) is 0.174. The molecule has 0 bridgehead atoms. The molecule has 0 aliphatic carbocycles. The van der Waals surface area contributed by atoms with E-state index in [9.17, 15) is 4.79 Å². The third-order valence-corrected chi connectivity index (χ3v) is 6.48. The van der Waals surface area contributed by atoms with Crippen molar-refractivity contribution in [2.45, 2.75) is 24.5 Å². The van der Waals surface area contributed by atoms with Gasteiger partial charge in [-0.05, 0) is 58.8 Å². The molecule has 1 aliphatic rings. The summed E-state index contributed by atoms with van der Waals surface area (Å²) < 4.78 is 7.25. The number of hydrogen-bond acceptors (Lipinski definition) is 7. The Balaban J connectivity index is 1.37. The Kier molecular flexibility index (Phi) is 5.97. The van der Waals surface area contributed by atoms with E-state index in [1.54, 1.807) is 10.9 Å². The lowest BCUT2D eigenvalue weighted by molar-refractivity contribution is -0.130. The van der Waals surface area contributed by atoms with Gasteiger partial charge in [-0.3, -0.25) is 4.79 Å². The van der Waals surface area contributed by atoms with E-state index in [1.165, 1.54) is 16.8 Å². The molecule has 33 heavy (non-hydrogen) atoms. The summed E-state index contributed by atoms with van der Waals surface area (Å²) in [6, 6.07) is 18.6. The third kappa shape index (κ3) is 4.42. The fourth-order valence-corrected chi connectivity index (χ4v) is 4.54. The number of para-hydroxylation sites is 1. The molecule has 1 amide bonds. The number of tetrazole rings is 1. The number of halogens is 1. The van der Waals surface area contributed by atoms with Crippen molar-refractivity contribution in [3.8, 4) is 5.69 Å². The molecule has 0 saturated heterocycles. The number of furan rings is 1. The van der Waals surface area contributed by atoms with Crippen LogP contribution in [0.2, 0.25) is 5.02 Å². The molecule has 0 N–H and O–H groups in total. The molecule has 1 aliphatic heterocycles. The highest BCUT2D eigenvalue weighted by Gasteiger charge is 2.35. The number of nitrogens with zero attached hydrogens (tertiary/aromatic N) is 6. The summed E-state index contributed by atoms with van der Waals surface area (Å²) in [7, 11) is 0. The van der Waals surface area contributed by atoms with Crippen LogP contribution < -0.4 is 0 Å². The molecule has 0 fully saturated rings. The standard InChI is InChI=1S/C23H19ClN6O2S/c1-15-5-2-3-6-19(15)30-23(25-27-28-30)33-14-22(31)29-20(21-7-4-12-32-21)13-18(26-29)16-8-10-17(24)11-9-16/h2-12,20H,13-14H2,1H3. The summed E-state index contributed by atoms with van der Waals surface area (Å²) in [5.74, 6) is 0.649. The minimum Gasteiger partial charge on any atom is -0.467 e. The number of thioether (sulfide) groups is 1. The number of aryl methyl sites for hydroxylation is 1. The Morgan fingerprint density at radius 2 is 1.97 bits per heavy atom. The molecule has 2 aromatic carbocycles.